The number of nitrogens with one attached hydrogen (secondary N) is 2. The second-order valence-electron chi connectivity index (χ2n) is 4.34. The summed E-state index contributed by atoms with van der Waals surface area (Å²) < 4.78 is 3.08. The molecule has 0 fully saturated rings. The summed E-state index contributed by atoms with van der Waals surface area (Å²) in [7, 11) is 0. The van der Waals surface area contributed by atoms with Gasteiger partial charge in [0, 0.05) is 49.4 Å². The summed E-state index contributed by atoms with van der Waals surface area (Å²) in [5.41, 5.74) is 0. The first-order valence-electron chi connectivity index (χ1n) is 6.84. The average Bonchev–Trinajstić information content (AvgIpc) is 3.16. The summed E-state index contributed by atoms with van der Waals surface area (Å²) in [5, 5.41) is 7.68. The SMILES string of the molecule is O=C(NCCCSc1nccs1)NCCCn1ccnc1. The maximum absolute atomic E-state index is 11.5. The number of hydrogen-bond donors (Lipinski definition) is 2. The van der Waals surface area contributed by atoms with Gasteiger partial charge in [0.25, 0.3) is 0 Å². The van der Waals surface area contributed by atoms with E-state index in [0.717, 1.165) is 29.5 Å². The van der Waals surface area contributed by atoms with Gasteiger partial charge in [0.2, 0.25) is 0 Å². The van der Waals surface area contributed by atoms with Gasteiger partial charge in [0.05, 0.1) is 6.33 Å². The lowest BCUT2D eigenvalue weighted by molar-refractivity contribution is 0.240. The molecule has 2 heterocycles. The number of carbonyl (C=O) groups is 1. The van der Waals surface area contributed by atoms with Gasteiger partial charge in [-0.3, -0.25) is 0 Å². The van der Waals surface area contributed by atoms with Gasteiger partial charge < -0.3 is 15.2 Å². The normalized spacial score (nSPS) is 10.5. The van der Waals surface area contributed by atoms with Gasteiger partial charge in [-0.2, -0.15) is 0 Å². The number of carbonyl (C=O) groups excluding carboxylic acids is 1. The Labute approximate surface area is 132 Å². The second-order valence-corrected chi connectivity index (χ2v) is 6.57. The summed E-state index contributed by atoms with van der Waals surface area (Å²) in [4.78, 5) is 19.7. The Balaban J connectivity index is 1.42. The molecule has 0 radical (unpaired) electrons. The highest BCUT2D eigenvalue weighted by Gasteiger charge is 2.00. The highest BCUT2D eigenvalue weighted by molar-refractivity contribution is 8.00. The van der Waals surface area contributed by atoms with Crippen LogP contribution < -0.4 is 10.6 Å². The predicted molar refractivity (Wildman–Crippen MR) is 85.7 cm³/mol. The Bertz CT molecular complexity index is 501. The van der Waals surface area contributed by atoms with Crippen molar-refractivity contribution in [3.63, 3.8) is 0 Å². The van der Waals surface area contributed by atoms with E-state index in [1.54, 1.807) is 35.6 Å². The van der Waals surface area contributed by atoms with Gasteiger partial charge in [-0.05, 0) is 12.8 Å². The van der Waals surface area contributed by atoms with E-state index in [1.807, 2.05) is 22.3 Å². The molecule has 0 spiro atoms. The molecule has 2 rings (SSSR count). The van der Waals surface area contributed by atoms with Crippen molar-refractivity contribution >= 4 is 29.1 Å². The topological polar surface area (TPSA) is 71.8 Å². The number of imidazole rings is 1. The Kier molecular flexibility index (Phi) is 7.10. The molecular weight excluding hydrogens is 306 g/mol. The molecule has 0 unspecified atom stereocenters. The molecule has 21 heavy (non-hydrogen) atoms. The van der Waals surface area contributed by atoms with Gasteiger partial charge in [-0.15, -0.1) is 11.3 Å². The van der Waals surface area contributed by atoms with Crippen LogP contribution in [0.1, 0.15) is 12.8 Å². The van der Waals surface area contributed by atoms with E-state index in [-0.39, 0.29) is 6.03 Å². The quantitative estimate of drug-likeness (QED) is 0.548. The zero-order valence-corrected chi connectivity index (χ0v) is 13.3. The van der Waals surface area contributed by atoms with E-state index in [9.17, 15) is 4.79 Å². The van der Waals surface area contributed by atoms with E-state index >= 15 is 0 Å². The van der Waals surface area contributed by atoms with Crippen LogP contribution in [-0.4, -0.2) is 39.4 Å². The van der Waals surface area contributed by atoms with Gasteiger partial charge >= 0.3 is 6.03 Å². The monoisotopic (exact) mass is 325 g/mol. The van der Waals surface area contributed by atoms with Crippen molar-refractivity contribution in [3.05, 3.63) is 30.3 Å². The molecule has 2 amide bonds. The van der Waals surface area contributed by atoms with Crippen molar-refractivity contribution < 1.29 is 4.79 Å². The van der Waals surface area contributed by atoms with E-state index in [1.165, 1.54) is 0 Å². The Morgan fingerprint density at radius 1 is 1.29 bits per heavy atom. The van der Waals surface area contributed by atoms with Crippen molar-refractivity contribution in [2.24, 2.45) is 0 Å². The molecule has 8 heteroatoms. The first-order valence-corrected chi connectivity index (χ1v) is 8.71. The molecule has 0 atom stereocenters. The summed E-state index contributed by atoms with van der Waals surface area (Å²) >= 11 is 3.37. The number of aromatic nitrogens is 3. The van der Waals surface area contributed by atoms with Gasteiger partial charge in [0.1, 0.15) is 4.34 Å². The van der Waals surface area contributed by atoms with E-state index in [0.29, 0.717) is 13.1 Å². The van der Waals surface area contributed by atoms with Crippen LogP contribution in [0.3, 0.4) is 0 Å². The Morgan fingerprint density at radius 3 is 2.86 bits per heavy atom. The lowest BCUT2D eigenvalue weighted by atomic mass is 10.4. The number of thiazole rings is 1. The minimum absolute atomic E-state index is 0.0973. The number of urea groups is 1. The molecule has 0 saturated carbocycles. The number of thioether (sulfide) groups is 1. The molecule has 0 aliphatic rings. The molecule has 0 bridgehead atoms. The molecule has 6 nitrogen and oxygen atoms in total. The Morgan fingerprint density at radius 2 is 2.14 bits per heavy atom. The minimum atomic E-state index is -0.0973. The number of aryl methyl sites for hydroxylation is 1. The van der Waals surface area contributed by atoms with Gasteiger partial charge in [-0.1, -0.05) is 11.8 Å². The standard InChI is InChI=1S/C13H19N5OS2/c19-12(15-3-1-7-18-8-5-14-11-18)16-4-2-9-20-13-17-6-10-21-13/h5-6,8,10-11H,1-4,7,9H2,(H2,15,16,19). The fraction of sp³-hybridized carbons (Fsp3) is 0.462. The minimum Gasteiger partial charge on any atom is -0.338 e. The molecule has 0 saturated heterocycles. The van der Waals surface area contributed by atoms with Crippen molar-refractivity contribution in [3.8, 4) is 0 Å². The average molecular weight is 325 g/mol. The molecule has 2 N–H and O–H groups in total. The van der Waals surface area contributed by atoms with E-state index in [2.05, 4.69) is 20.6 Å². The van der Waals surface area contributed by atoms with E-state index in [4.69, 9.17) is 0 Å². The molecule has 114 valence electrons. The van der Waals surface area contributed by atoms with Crippen LogP contribution in [0, 0.1) is 0 Å². The first kappa shape index (κ1) is 15.8. The summed E-state index contributed by atoms with van der Waals surface area (Å²) in [6.07, 6.45) is 9.09. The summed E-state index contributed by atoms with van der Waals surface area (Å²) in [6, 6.07) is -0.0973. The third-order valence-corrected chi connectivity index (χ3v) is 4.73. The maximum atomic E-state index is 11.5. The van der Waals surface area contributed by atoms with Gasteiger partial charge in [-0.25, -0.2) is 14.8 Å². The predicted octanol–water partition coefficient (Wildman–Crippen LogP) is 2.21. The Hall–Kier alpha value is -1.54. The lowest BCUT2D eigenvalue weighted by Crippen LogP contribution is -2.36. The molecule has 0 aliphatic carbocycles. The largest absolute Gasteiger partial charge is 0.338 e. The molecule has 2 aromatic heterocycles. The van der Waals surface area contributed by atoms with Crippen LogP contribution >= 0.6 is 23.1 Å². The van der Waals surface area contributed by atoms with Crippen molar-refractivity contribution in [2.75, 3.05) is 18.8 Å². The van der Waals surface area contributed by atoms with Crippen LogP contribution in [-0.2, 0) is 6.54 Å². The molecule has 0 aliphatic heterocycles. The maximum Gasteiger partial charge on any atom is 0.314 e. The number of hydrogen-bond acceptors (Lipinski definition) is 5. The smallest absolute Gasteiger partial charge is 0.314 e. The number of nitrogens with zero attached hydrogens (tertiary/aromatic N) is 3. The molecular formula is C13H19N5OS2. The highest BCUT2D eigenvalue weighted by Crippen LogP contribution is 2.20. The van der Waals surface area contributed by atoms with E-state index < -0.39 is 0 Å². The van der Waals surface area contributed by atoms with Crippen LogP contribution in [0.25, 0.3) is 0 Å². The van der Waals surface area contributed by atoms with Crippen LogP contribution in [0.5, 0.6) is 0 Å². The molecule has 2 aromatic rings. The van der Waals surface area contributed by atoms with Crippen molar-refractivity contribution in [1.82, 2.24) is 25.2 Å². The third kappa shape index (κ3) is 6.63. The van der Waals surface area contributed by atoms with Crippen LogP contribution in [0.2, 0.25) is 0 Å². The third-order valence-electron chi connectivity index (χ3n) is 2.68. The van der Waals surface area contributed by atoms with Crippen molar-refractivity contribution in [2.45, 2.75) is 23.7 Å². The number of amides is 2. The number of rotatable bonds is 9. The highest BCUT2D eigenvalue weighted by atomic mass is 32.2. The fourth-order valence-corrected chi connectivity index (χ4v) is 3.31. The van der Waals surface area contributed by atoms with Gasteiger partial charge in [0.15, 0.2) is 0 Å². The second kappa shape index (κ2) is 9.41. The summed E-state index contributed by atoms with van der Waals surface area (Å²) in [5.74, 6) is 0.967. The first-order chi connectivity index (χ1) is 10.3. The zero-order chi connectivity index (χ0) is 14.8. The van der Waals surface area contributed by atoms with Crippen LogP contribution in [0.15, 0.2) is 34.6 Å². The van der Waals surface area contributed by atoms with Crippen molar-refractivity contribution in [1.29, 1.82) is 0 Å². The fourth-order valence-electron chi connectivity index (χ4n) is 1.66. The lowest BCUT2D eigenvalue weighted by Gasteiger charge is -2.07. The van der Waals surface area contributed by atoms with Crippen LogP contribution in [0.4, 0.5) is 4.79 Å². The summed E-state index contributed by atoms with van der Waals surface area (Å²) in [6.45, 7) is 2.22. The zero-order valence-electron chi connectivity index (χ0n) is 11.7. The molecule has 0 aromatic carbocycles.